The van der Waals surface area contributed by atoms with Crippen molar-refractivity contribution in [1.29, 1.82) is 0 Å². The summed E-state index contributed by atoms with van der Waals surface area (Å²) >= 11 is 0. The van der Waals surface area contributed by atoms with Crippen LogP contribution in [0.3, 0.4) is 0 Å². The second kappa shape index (κ2) is 11.7. The lowest BCUT2D eigenvalue weighted by atomic mass is 9.85. The predicted octanol–water partition coefficient (Wildman–Crippen LogP) is 0.608. The van der Waals surface area contributed by atoms with Crippen LogP contribution < -0.4 is 8.92 Å². The molecule has 3 rings (SSSR count). The zero-order valence-electron chi connectivity index (χ0n) is 20.4. The molecule has 7 unspecified atom stereocenters. The molecular weight excluding hydrogens is 528 g/mol. The van der Waals surface area contributed by atoms with Gasteiger partial charge in [-0.3, -0.25) is 4.55 Å². The van der Waals surface area contributed by atoms with Crippen LogP contribution in [0.5, 0.6) is 23.0 Å². The third kappa shape index (κ3) is 7.24. The molecule has 210 valence electrons. The quantitative estimate of drug-likeness (QED) is 0.199. The molecule has 0 bridgehead atoms. The molecule has 1 saturated heterocycles. The minimum Gasteiger partial charge on any atom is -0.504 e. The molecule has 2 aromatic carbocycles. The van der Waals surface area contributed by atoms with Crippen LogP contribution in [0.15, 0.2) is 36.4 Å². The number of rotatable bonds is 10. The van der Waals surface area contributed by atoms with E-state index in [0.29, 0.717) is 24.0 Å². The van der Waals surface area contributed by atoms with Gasteiger partial charge >= 0.3 is 16.4 Å². The largest absolute Gasteiger partial charge is 0.504 e. The van der Waals surface area contributed by atoms with Gasteiger partial charge in [-0.1, -0.05) is 26.0 Å². The molecule has 13 nitrogen and oxygen atoms in total. The van der Waals surface area contributed by atoms with Crippen molar-refractivity contribution in [1.82, 2.24) is 0 Å². The van der Waals surface area contributed by atoms with Gasteiger partial charge in [0.05, 0.1) is 0 Å². The van der Waals surface area contributed by atoms with Crippen LogP contribution in [0.4, 0.5) is 0 Å². The van der Waals surface area contributed by atoms with Gasteiger partial charge in [0, 0.05) is 0 Å². The minimum atomic E-state index is -4.81. The number of aliphatic carboxylic acids is 1. The van der Waals surface area contributed by atoms with Crippen LogP contribution in [0.2, 0.25) is 0 Å². The van der Waals surface area contributed by atoms with Gasteiger partial charge in [0.1, 0.15) is 18.3 Å². The van der Waals surface area contributed by atoms with Crippen molar-refractivity contribution < 1.29 is 62.1 Å². The van der Waals surface area contributed by atoms with E-state index < -0.39 is 58.6 Å². The number of benzene rings is 2. The Hall–Kier alpha value is -3.14. The zero-order valence-corrected chi connectivity index (χ0v) is 21.2. The van der Waals surface area contributed by atoms with Gasteiger partial charge in [-0.25, -0.2) is 4.79 Å². The number of carboxylic acid groups (broad SMARTS) is 1. The highest BCUT2D eigenvalue weighted by atomic mass is 32.3. The third-order valence-electron chi connectivity index (χ3n) is 6.39. The first-order valence-electron chi connectivity index (χ1n) is 11.6. The molecule has 2 aromatic rings. The molecule has 14 heteroatoms. The van der Waals surface area contributed by atoms with Crippen molar-refractivity contribution in [3.05, 3.63) is 47.5 Å². The van der Waals surface area contributed by atoms with E-state index in [-0.39, 0.29) is 23.3 Å². The molecular formula is C24H30O13S. The summed E-state index contributed by atoms with van der Waals surface area (Å²) in [6.07, 6.45) is -8.12. The van der Waals surface area contributed by atoms with Crippen LogP contribution in [-0.2, 0) is 32.8 Å². The Morgan fingerprint density at radius 1 is 0.895 bits per heavy atom. The second-order valence-corrected chi connectivity index (χ2v) is 10.4. The number of hydrogen-bond donors (Lipinski definition) is 7. The molecule has 0 saturated carbocycles. The van der Waals surface area contributed by atoms with E-state index in [0.717, 1.165) is 0 Å². The lowest BCUT2D eigenvalue weighted by Crippen LogP contribution is -2.61. The number of carboxylic acids is 1. The summed E-state index contributed by atoms with van der Waals surface area (Å²) in [5, 5.41) is 59.2. The lowest BCUT2D eigenvalue weighted by molar-refractivity contribution is -0.271. The van der Waals surface area contributed by atoms with E-state index in [9.17, 15) is 43.9 Å². The molecule has 0 amide bonds. The number of aromatic hydroxyl groups is 2. The number of aliphatic hydroxyl groups excluding tert-OH is 3. The molecule has 7 N–H and O–H groups in total. The van der Waals surface area contributed by atoms with Crippen LogP contribution in [0, 0.1) is 11.8 Å². The summed E-state index contributed by atoms with van der Waals surface area (Å²) in [6, 6.07) is 8.61. The fraction of sp³-hybridized carbons (Fsp3) is 0.458. The lowest BCUT2D eigenvalue weighted by Gasteiger charge is -2.38. The fourth-order valence-corrected chi connectivity index (χ4v) is 4.43. The van der Waals surface area contributed by atoms with Gasteiger partial charge in [0.2, 0.25) is 6.29 Å². The SMILES string of the molecule is CC(Cc1ccc(O)c(OC2OC(C(=O)O)C(O)C(O)C2O)c1)C(C)Cc1ccc(O)c(OS(=O)(=O)O)c1. The molecule has 1 aliphatic heterocycles. The summed E-state index contributed by atoms with van der Waals surface area (Å²) in [5.41, 5.74) is 1.35. The highest BCUT2D eigenvalue weighted by Crippen LogP contribution is 2.34. The minimum absolute atomic E-state index is 0.0211. The van der Waals surface area contributed by atoms with Gasteiger partial charge in [-0.05, 0) is 60.1 Å². The van der Waals surface area contributed by atoms with Crippen LogP contribution in [0.25, 0.3) is 0 Å². The number of ether oxygens (including phenoxy) is 2. The van der Waals surface area contributed by atoms with Crippen molar-refractivity contribution in [3.8, 4) is 23.0 Å². The van der Waals surface area contributed by atoms with Crippen molar-refractivity contribution in [3.63, 3.8) is 0 Å². The van der Waals surface area contributed by atoms with E-state index >= 15 is 0 Å². The Kier molecular flexibility index (Phi) is 9.07. The van der Waals surface area contributed by atoms with Crippen LogP contribution in [-0.4, -0.2) is 80.3 Å². The predicted molar refractivity (Wildman–Crippen MR) is 129 cm³/mol. The fourth-order valence-electron chi connectivity index (χ4n) is 4.07. The number of aliphatic hydroxyl groups is 3. The van der Waals surface area contributed by atoms with Gasteiger partial charge in [0.15, 0.2) is 29.1 Å². The summed E-state index contributed by atoms with van der Waals surface area (Å²) in [7, 11) is -4.81. The van der Waals surface area contributed by atoms with Gasteiger partial charge in [0.25, 0.3) is 0 Å². The molecule has 1 heterocycles. The van der Waals surface area contributed by atoms with Gasteiger partial charge in [-0.2, -0.15) is 8.42 Å². The molecule has 0 radical (unpaired) electrons. The average Bonchev–Trinajstić information content (AvgIpc) is 2.82. The number of phenols is 2. The summed E-state index contributed by atoms with van der Waals surface area (Å²) < 4.78 is 45.8. The number of phenolic OH excluding ortho intramolecular Hbond substituents is 2. The molecule has 38 heavy (non-hydrogen) atoms. The standard InChI is InChI=1S/C24H30O13S/c1-11(12(2)8-14-4-6-16(26)18(10-14)37-38(32,33)34)7-13-3-5-15(25)17(9-13)35-24-21(29)19(27)20(28)22(36-24)23(30)31/h3-6,9-12,19-22,24-29H,7-8H2,1-2H3,(H,30,31)(H,32,33,34). The maximum absolute atomic E-state index is 11.3. The van der Waals surface area contributed by atoms with Crippen molar-refractivity contribution in [2.45, 2.75) is 57.4 Å². The van der Waals surface area contributed by atoms with E-state index in [1.54, 1.807) is 12.1 Å². The molecule has 0 aromatic heterocycles. The Morgan fingerprint density at radius 2 is 1.39 bits per heavy atom. The summed E-state index contributed by atoms with van der Waals surface area (Å²) in [4.78, 5) is 11.3. The van der Waals surface area contributed by atoms with Crippen molar-refractivity contribution in [2.75, 3.05) is 0 Å². The van der Waals surface area contributed by atoms with E-state index in [2.05, 4.69) is 4.18 Å². The smallest absolute Gasteiger partial charge is 0.446 e. The van der Waals surface area contributed by atoms with Crippen LogP contribution in [0.1, 0.15) is 25.0 Å². The molecule has 0 spiro atoms. The Bertz CT molecular complexity index is 1250. The molecule has 0 aliphatic carbocycles. The molecule has 7 atom stereocenters. The number of hydrogen-bond acceptors (Lipinski definition) is 11. The first-order chi connectivity index (χ1) is 17.7. The maximum atomic E-state index is 11.3. The van der Waals surface area contributed by atoms with E-state index in [1.165, 1.54) is 24.3 Å². The normalized spacial score (nSPS) is 25.4. The van der Waals surface area contributed by atoms with Gasteiger partial charge < -0.3 is 44.3 Å². The first kappa shape index (κ1) is 29.4. The Morgan fingerprint density at radius 3 is 1.89 bits per heavy atom. The highest BCUT2D eigenvalue weighted by molar-refractivity contribution is 7.81. The van der Waals surface area contributed by atoms with E-state index in [1.807, 2.05) is 13.8 Å². The molecule has 1 aliphatic rings. The van der Waals surface area contributed by atoms with E-state index in [4.69, 9.17) is 14.0 Å². The van der Waals surface area contributed by atoms with Gasteiger partial charge in [-0.15, -0.1) is 0 Å². The first-order valence-corrected chi connectivity index (χ1v) is 12.9. The Labute approximate surface area is 218 Å². The highest BCUT2D eigenvalue weighted by Gasteiger charge is 2.48. The monoisotopic (exact) mass is 558 g/mol. The third-order valence-corrected chi connectivity index (χ3v) is 6.78. The maximum Gasteiger partial charge on any atom is 0.446 e. The Balaban J connectivity index is 1.69. The molecule has 1 fully saturated rings. The summed E-state index contributed by atoms with van der Waals surface area (Å²) in [6.45, 7) is 3.90. The summed E-state index contributed by atoms with van der Waals surface area (Å²) in [5.74, 6) is -2.83. The number of carbonyl (C=O) groups is 1. The zero-order chi connectivity index (χ0) is 28.4. The van der Waals surface area contributed by atoms with Crippen molar-refractivity contribution >= 4 is 16.4 Å². The average molecular weight is 559 g/mol. The van der Waals surface area contributed by atoms with Crippen molar-refractivity contribution in [2.24, 2.45) is 11.8 Å². The van der Waals surface area contributed by atoms with Crippen LogP contribution >= 0.6 is 0 Å². The topological polar surface area (TPSA) is 221 Å². The second-order valence-electron chi connectivity index (χ2n) is 9.33.